The minimum atomic E-state index is -4.57. The zero-order chi connectivity index (χ0) is 13.8. The lowest BCUT2D eigenvalue weighted by atomic mass is 10.1. The molecule has 1 aromatic heterocycles. The number of hydrogen-bond donors (Lipinski definition) is 0. The molecule has 0 atom stereocenters. The Hall–Kier alpha value is -2.10. The normalized spacial score (nSPS) is 10.8. The summed E-state index contributed by atoms with van der Waals surface area (Å²) in [6.45, 7) is 1.70. The van der Waals surface area contributed by atoms with Crippen molar-refractivity contribution < 1.29 is 22.7 Å². The number of carbonyl (C=O) groups excluding carboxylic acids is 1. The zero-order valence-corrected chi connectivity index (χ0v) is 9.41. The van der Waals surface area contributed by atoms with Gasteiger partial charge in [0.05, 0.1) is 18.6 Å². The number of aromatic nitrogens is 1. The molecule has 0 spiro atoms. The second-order valence-electron chi connectivity index (χ2n) is 3.32. The average Bonchev–Trinajstić information content (AvgIpc) is 2.28. The molecule has 4 nitrogen and oxygen atoms in total. The van der Waals surface area contributed by atoms with E-state index in [2.05, 4.69) is 9.72 Å². The molecule has 96 valence electrons. The number of alkyl halides is 3. The predicted octanol–water partition coefficient (Wildman–Crippen LogP) is 2.08. The minimum absolute atomic E-state index is 0.0919. The highest BCUT2D eigenvalue weighted by atomic mass is 19.4. The average molecular weight is 258 g/mol. The molecular formula is C11H9F3N2O2. The fourth-order valence-corrected chi connectivity index (χ4v) is 1.27. The number of esters is 1. The van der Waals surface area contributed by atoms with Crippen LogP contribution in [-0.2, 0) is 22.1 Å². The molecule has 1 aromatic rings. The Morgan fingerprint density at radius 2 is 2.22 bits per heavy atom. The molecule has 0 bridgehead atoms. The van der Waals surface area contributed by atoms with Gasteiger partial charge in [0.1, 0.15) is 11.8 Å². The number of nitriles is 1. The summed E-state index contributed by atoms with van der Waals surface area (Å²) in [7, 11) is 0. The fourth-order valence-electron chi connectivity index (χ4n) is 1.27. The highest BCUT2D eigenvalue weighted by Gasteiger charge is 2.32. The van der Waals surface area contributed by atoms with Gasteiger partial charge in [-0.25, -0.2) is 4.98 Å². The maximum Gasteiger partial charge on any atom is 0.417 e. The van der Waals surface area contributed by atoms with Crippen molar-refractivity contribution in [2.75, 3.05) is 6.61 Å². The lowest BCUT2D eigenvalue weighted by Crippen LogP contribution is -2.12. The van der Waals surface area contributed by atoms with Crippen molar-refractivity contribution in [2.24, 2.45) is 0 Å². The summed E-state index contributed by atoms with van der Waals surface area (Å²) in [5.41, 5.74) is -1.30. The molecule has 18 heavy (non-hydrogen) atoms. The Bertz CT molecular complexity index is 492. The summed E-state index contributed by atoms with van der Waals surface area (Å²) < 4.78 is 42.0. The largest absolute Gasteiger partial charge is 0.466 e. The van der Waals surface area contributed by atoms with Crippen LogP contribution in [0.15, 0.2) is 12.3 Å². The third-order valence-electron chi connectivity index (χ3n) is 2.04. The van der Waals surface area contributed by atoms with Gasteiger partial charge < -0.3 is 4.74 Å². The number of carbonyl (C=O) groups is 1. The van der Waals surface area contributed by atoms with Gasteiger partial charge in [0.15, 0.2) is 0 Å². The second-order valence-corrected chi connectivity index (χ2v) is 3.32. The van der Waals surface area contributed by atoms with E-state index in [4.69, 9.17) is 5.26 Å². The third-order valence-corrected chi connectivity index (χ3v) is 2.04. The number of ether oxygens (including phenoxy) is 1. The molecule has 7 heteroatoms. The number of rotatable bonds is 3. The first-order valence-corrected chi connectivity index (χ1v) is 5.00. The van der Waals surface area contributed by atoms with E-state index in [9.17, 15) is 18.0 Å². The number of halogens is 3. The highest BCUT2D eigenvalue weighted by Crippen LogP contribution is 2.29. The Morgan fingerprint density at radius 3 is 2.72 bits per heavy atom. The minimum Gasteiger partial charge on any atom is -0.466 e. The number of hydrogen-bond acceptors (Lipinski definition) is 4. The Kier molecular flexibility index (Phi) is 4.26. The van der Waals surface area contributed by atoms with Gasteiger partial charge in [-0.05, 0) is 13.0 Å². The molecule has 0 aliphatic heterocycles. The van der Waals surface area contributed by atoms with E-state index in [0.717, 1.165) is 6.07 Å². The molecule has 0 amide bonds. The van der Waals surface area contributed by atoms with Crippen LogP contribution in [0.2, 0.25) is 0 Å². The van der Waals surface area contributed by atoms with Crippen molar-refractivity contribution in [3.8, 4) is 6.07 Å². The van der Waals surface area contributed by atoms with Gasteiger partial charge in [0, 0.05) is 11.8 Å². The highest BCUT2D eigenvalue weighted by molar-refractivity contribution is 5.73. The zero-order valence-electron chi connectivity index (χ0n) is 9.41. The summed E-state index contributed by atoms with van der Waals surface area (Å²) in [5.74, 6) is -0.699. The molecular weight excluding hydrogens is 249 g/mol. The molecule has 0 aromatic carbocycles. The van der Waals surface area contributed by atoms with Crippen LogP contribution in [0.1, 0.15) is 23.7 Å². The monoisotopic (exact) mass is 258 g/mol. The van der Waals surface area contributed by atoms with Crippen LogP contribution < -0.4 is 0 Å². The maximum atomic E-state index is 12.4. The first kappa shape index (κ1) is 14.0. The lowest BCUT2D eigenvalue weighted by Gasteiger charge is -2.09. The topological polar surface area (TPSA) is 63.0 Å². The van der Waals surface area contributed by atoms with Gasteiger partial charge in [0.25, 0.3) is 0 Å². The van der Waals surface area contributed by atoms with Gasteiger partial charge in [-0.3, -0.25) is 4.79 Å². The molecule has 1 heterocycles. The molecule has 0 aliphatic rings. The molecule has 0 saturated carbocycles. The van der Waals surface area contributed by atoms with Crippen LogP contribution in [0, 0.1) is 11.3 Å². The molecule has 1 rings (SSSR count). The van der Waals surface area contributed by atoms with E-state index in [1.807, 2.05) is 0 Å². The lowest BCUT2D eigenvalue weighted by molar-refractivity contribution is -0.142. The Morgan fingerprint density at radius 1 is 1.56 bits per heavy atom. The third kappa shape index (κ3) is 3.45. The predicted molar refractivity (Wildman–Crippen MR) is 54.3 cm³/mol. The van der Waals surface area contributed by atoms with E-state index >= 15 is 0 Å². The second kappa shape index (κ2) is 5.49. The van der Waals surface area contributed by atoms with Crippen molar-refractivity contribution in [3.05, 3.63) is 29.1 Å². The standard InChI is InChI=1S/C11H9F3N2O2/c1-2-18-10(17)4-7-3-8(11(12,13)14)6-16-9(7)5-15/h3,6H,2,4H2,1H3. The molecule has 0 unspecified atom stereocenters. The van der Waals surface area contributed by atoms with Crippen molar-refractivity contribution in [1.29, 1.82) is 5.26 Å². The van der Waals surface area contributed by atoms with Crippen molar-refractivity contribution in [1.82, 2.24) is 4.98 Å². The number of pyridine rings is 1. The van der Waals surface area contributed by atoms with Crippen molar-refractivity contribution in [3.63, 3.8) is 0 Å². The van der Waals surface area contributed by atoms with Crippen LogP contribution in [-0.4, -0.2) is 17.6 Å². The molecule has 0 aliphatic carbocycles. The van der Waals surface area contributed by atoms with Gasteiger partial charge in [-0.2, -0.15) is 18.4 Å². The van der Waals surface area contributed by atoms with Crippen LogP contribution in [0.5, 0.6) is 0 Å². The summed E-state index contributed by atoms with van der Waals surface area (Å²) in [4.78, 5) is 14.6. The smallest absolute Gasteiger partial charge is 0.417 e. The van der Waals surface area contributed by atoms with E-state index in [0.29, 0.717) is 6.20 Å². The summed E-state index contributed by atoms with van der Waals surface area (Å²) in [6.07, 6.45) is -4.41. The van der Waals surface area contributed by atoms with Crippen molar-refractivity contribution in [2.45, 2.75) is 19.5 Å². The molecule has 0 N–H and O–H groups in total. The van der Waals surface area contributed by atoms with Gasteiger partial charge in [-0.15, -0.1) is 0 Å². The van der Waals surface area contributed by atoms with E-state index < -0.39 is 24.1 Å². The van der Waals surface area contributed by atoms with Crippen LogP contribution in [0.4, 0.5) is 13.2 Å². The van der Waals surface area contributed by atoms with Crippen LogP contribution in [0.3, 0.4) is 0 Å². The first-order chi connectivity index (χ1) is 8.38. The SMILES string of the molecule is CCOC(=O)Cc1cc(C(F)(F)F)cnc1C#N. The quantitative estimate of drug-likeness (QED) is 0.778. The van der Waals surface area contributed by atoms with Crippen LogP contribution in [0.25, 0.3) is 0 Å². The summed E-state index contributed by atoms with van der Waals surface area (Å²) in [6, 6.07) is 2.37. The molecule has 0 radical (unpaired) electrons. The summed E-state index contributed by atoms with van der Waals surface area (Å²) >= 11 is 0. The van der Waals surface area contributed by atoms with Gasteiger partial charge in [0.2, 0.25) is 0 Å². The molecule has 0 saturated heterocycles. The number of nitrogens with zero attached hydrogens (tertiary/aromatic N) is 2. The van der Waals surface area contributed by atoms with Gasteiger partial charge in [-0.1, -0.05) is 0 Å². The van der Waals surface area contributed by atoms with E-state index in [1.54, 1.807) is 13.0 Å². The molecule has 0 fully saturated rings. The van der Waals surface area contributed by atoms with Crippen molar-refractivity contribution >= 4 is 5.97 Å². The van der Waals surface area contributed by atoms with Gasteiger partial charge >= 0.3 is 12.1 Å². The Labute approximate surface area is 101 Å². The van der Waals surface area contributed by atoms with E-state index in [-0.39, 0.29) is 17.9 Å². The fraction of sp³-hybridized carbons (Fsp3) is 0.364. The maximum absolute atomic E-state index is 12.4. The van der Waals surface area contributed by atoms with E-state index in [1.165, 1.54) is 0 Å². The summed E-state index contributed by atoms with van der Waals surface area (Å²) in [5, 5.41) is 8.71. The Balaban J connectivity index is 3.08. The van der Waals surface area contributed by atoms with Crippen LogP contribution >= 0.6 is 0 Å². The first-order valence-electron chi connectivity index (χ1n) is 5.00.